The Morgan fingerprint density at radius 3 is 1.44 bits per heavy atom. The highest BCUT2D eigenvalue weighted by atomic mass is 16.5. The molecular weight excluding hydrogens is 588 g/mol. The summed E-state index contributed by atoms with van der Waals surface area (Å²) in [6.45, 7) is 1.71. The molecule has 2 aromatic carbocycles. The van der Waals surface area contributed by atoms with Crippen LogP contribution < -0.4 is 26.8 Å². The third-order valence-corrected chi connectivity index (χ3v) is 7.50. The van der Waals surface area contributed by atoms with E-state index in [-0.39, 0.29) is 50.8 Å². The van der Waals surface area contributed by atoms with Gasteiger partial charge in [-0.15, -0.1) is 0 Å². The van der Waals surface area contributed by atoms with Crippen molar-refractivity contribution in [3.8, 4) is 5.75 Å². The molecule has 15 nitrogen and oxygen atoms in total. The quantitative estimate of drug-likeness (QED) is 0.201. The molecule has 0 spiro atoms. The van der Waals surface area contributed by atoms with Crippen molar-refractivity contribution in [1.29, 1.82) is 0 Å². The first-order chi connectivity index (χ1) is 21.4. The summed E-state index contributed by atoms with van der Waals surface area (Å²) in [6.07, 6.45) is 0.335. The van der Waals surface area contributed by atoms with Crippen molar-refractivity contribution >= 4 is 35.6 Å². The van der Waals surface area contributed by atoms with Crippen LogP contribution in [0.1, 0.15) is 39.1 Å². The van der Waals surface area contributed by atoms with Gasteiger partial charge in [0.05, 0.1) is 20.2 Å². The summed E-state index contributed by atoms with van der Waals surface area (Å²) >= 11 is 0. The van der Waals surface area contributed by atoms with Gasteiger partial charge in [0.2, 0.25) is 11.8 Å². The maximum absolute atomic E-state index is 12.2. The van der Waals surface area contributed by atoms with Crippen LogP contribution in [0, 0.1) is 6.92 Å². The van der Waals surface area contributed by atoms with Crippen molar-refractivity contribution in [1.82, 2.24) is 20.4 Å². The van der Waals surface area contributed by atoms with Gasteiger partial charge < -0.3 is 46.9 Å². The first kappa shape index (κ1) is 34.5. The number of aryl methyl sites for hydroxylation is 1. The zero-order valence-corrected chi connectivity index (χ0v) is 25.0. The van der Waals surface area contributed by atoms with Gasteiger partial charge in [-0.1, -0.05) is 17.7 Å². The number of aliphatic carboxylic acids is 2. The molecule has 2 saturated heterocycles. The number of likely N-dealkylation sites (tertiary alicyclic amines) is 2. The minimum atomic E-state index is -1.10. The fourth-order valence-corrected chi connectivity index (χ4v) is 5.12. The van der Waals surface area contributed by atoms with E-state index in [1.54, 1.807) is 36.4 Å². The fraction of sp³-hybridized carbons (Fsp3) is 0.400. The summed E-state index contributed by atoms with van der Waals surface area (Å²) in [6, 6.07) is 10.9. The molecule has 2 aliphatic rings. The Kier molecular flexibility index (Phi) is 12.0. The molecule has 0 radical (unpaired) electrons. The van der Waals surface area contributed by atoms with Gasteiger partial charge in [0.1, 0.15) is 17.8 Å². The van der Waals surface area contributed by atoms with Gasteiger partial charge in [0, 0.05) is 49.1 Å². The molecule has 2 aromatic rings. The predicted octanol–water partition coefficient (Wildman–Crippen LogP) is -0.825. The van der Waals surface area contributed by atoms with Gasteiger partial charge in [-0.3, -0.25) is 19.2 Å². The zero-order chi connectivity index (χ0) is 33.3. The molecule has 2 aliphatic heterocycles. The molecule has 4 atom stereocenters. The van der Waals surface area contributed by atoms with E-state index < -0.39 is 47.9 Å². The number of carbonyl (C=O) groups excluding carboxylic acids is 4. The number of benzene rings is 2. The van der Waals surface area contributed by atoms with Crippen LogP contribution in [0.3, 0.4) is 0 Å². The van der Waals surface area contributed by atoms with Crippen molar-refractivity contribution in [2.75, 3.05) is 33.3 Å². The second kappa shape index (κ2) is 15.6. The summed E-state index contributed by atoms with van der Waals surface area (Å²) in [5.74, 6) is -3.05. The Labute approximate surface area is 259 Å². The third-order valence-electron chi connectivity index (χ3n) is 7.50. The highest BCUT2D eigenvalue weighted by Crippen LogP contribution is 2.20. The monoisotopic (exact) mass is 626 g/mol. The number of methoxy groups -OCH3 is 1. The lowest BCUT2D eigenvalue weighted by molar-refractivity contribution is -0.147. The molecule has 2 fully saturated rings. The standard InChI is InChI=1S/C15H19N3O5.C15H19N3O4/c1-23-11-4-2-9(3-5-11)14(20)17-10-6-12(15(21)22)18(8-10)13(19)7-16;1-9-2-4-10(5-3-9)14(20)17-11-6-12(15(21)22)18(8-11)13(19)7-16/h2-5,10,12H,6-8,16H2,1H3,(H,17,20)(H,21,22);2-5,11-12H,6-8,16H2,1H3,(H,17,20)(H,21,22). The Morgan fingerprint density at radius 2 is 1.11 bits per heavy atom. The smallest absolute Gasteiger partial charge is 0.326 e. The van der Waals surface area contributed by atoms with Gasteiger partial charge in [-0.25, -0.2) is 9.59 Å². The maximum atomic E-state index is 12.2. The summed E-state index contributed by atoms with van der Waals surface area (Å²) in [7, 11) is 1.53. The summed E-state index contributed by atoms with van der Waals surface area (Å²) in [5.41, 5.74) is 12.6. The molecule has 4 amide bonds. The molecule has 0 aliphatic carbocycles. The number of carboxylic acids is 2. The molecule has 0 bridgehead atoms. The molecule has 242 valence electrons. The fourth-order valence-electron chi connectivity index (χ4n) is 5.12. The van der Waals surface area contributed by atoms with Gasteiger partial charge in [0.15, 0.2) is 0 Å². The number of carbonyl (C=O) groups is 6. The molecule has 8 N–H and O–H groups in total. The lowest BCUT2D eigenvalue weighted by Gasteiger charge is -2.20. The van der Waals surface area contributed by atoms with E-state index >= 15 is 0 Å². The van der Waals surface area contributed by atoms with Crippen LogP contribution >= 0.6 is 0 Å². The van der Waals surface area contributed by atoms with E-state index in [0.29, 0.717) is 16.9 Å². The van der Waals surface area contributed by atoms with Crippen LogP contribution in [0.15, 0.2) is 48.5 Å². The highest BCUT2D eigenvalue weighted by molar-refractivity contribution is 5.95. The molecule has 0 saturated carbocycles. The number of nitrogens with one attached hydrogen (secondary N) is 2. The number of rotatable bonds is 9. The summed E-state index contributed by atoms with van der Waals surface area (Å²) in [5, 5.41) is 23.9. The zero-order valence-electron chi connectivity index (χ0n) is 25.0. The number of ether oxygens (including phenoxy) is 1. The average molecular weight is 627 g/mol. The van der Waals surface area contributed by atoms with Crippen LogP contribution in [0.2, 0.25) is 0 Å². The number of hydrogen-bond acceptors (Lipinski definition) is 9. The van der Waals surface area contributed by atoms with Crippen LogP contribution in [0.25, 0.3) is 0 Å². The third kappa shape index (κ3) is 9.00. The highest BCUT2D eigenvalue weighted by Gasteiger charge is 2.40. The molecule has 4 rings (SSSR count). The molecule has 4 unspecified atom stereocenters. The molecule has 15 heteroatoms. The predicted molar refractivity (Wildman–Crippen MR) is 160 cm³/mol. The Morgan fingerprint density at radius 1 is 0.733 bits per heavy atom. The number of hydrogen-bond donors (Lipinski definition) is 6. The van der Waals surface area contributed by atoms with E-state index in [0.717, 1.165) is 5.56 Å². The van der Waals surface area contributed by atoms with Gasteiger partial charge in [-0.2, -0.15) is 0 Å². The first-order valence-corrected chi connectivity index (χ1v) is 14.2. The Hall–Kier alpha value is -5.02. The Bertz CT molecular complexity index is 1400. The molecule has 2 heterocycles. The lowest BCUT2D eigenvalue weighted by atomic mass is 10.1. The van der Waals surface area contributed by atoms with Gasteiger partial charge >= 0.3 is 11.9 Å². The van der Waals surface area contributed by atoms with E-state index in [9.17, 15) is 39.0 Å². The topological polar surface area (TPSA) is 235 Å². The SMILES string of the molecule is COc1ccc(C(=O)NC2CC(C(=O)O)N(C(=O)CN)C2)cc1.Cc1ccc(C(=O)NC2CC(C(=O)O)N(C(=O)CN)C2)cc1. The summed E-state index contributed by atoms with van der Waals surface area (Å²) in [4.78, 5) is 72.6. The second-order valence-electron chi connectivity index (χ2n) is 10.6. The lowest BCUT2D eigenvalue weighted by Crippen LogP contribution is -2.44. The van der Waals surface area contributed by atoms with Crippen molar-refractivity contribution in [3.05, 3.63) is 65.2 Å². The number of carboxylic acid groups (broad SMARTS) is 2. The van der Waals surface area contributed by atoms with Crippen molar-refractivity contribution < 1.29 is 43.7 Å². The van der Waals surface area contributed by atoms with Gasteiger partial charge in [-0.05, 0) is 43.3 Å². The number of nitrogens with two attached hydrogens (primary N) is 2. The van der Waals surface area contributed by atoms with E-state index in [4.69, 9.17) is 16.2 Å². The Balaban J connectivity index is 0.000000246. The minimum Gasteiger partial charge on any atom is -0.497 e. The van der Waals surface area contributed by atoms with Crippen molar-refractivity contribution in [3.63, 3.8) is 0 Å². The van der Waals surface area contributed by atoms with Crippen LogP contribution in [0.4, 0.5) is 0 Å². The average Bonchev–Trinajstić information content (AvgIpc) is 3.66. The first-order valence-electron chi connectivity index (χ1n) is 14.2. The second-order valence-corrected chi connectivity index (χ2v) is 10.6. The van der Waals surface area contributed by atoms with E-state index in [2.05, 4.69) is 10.6 Å². The minimum absolute atomic E-state index is 0.134. The molecule has 45 heavy (non-hydrogen) atoms. The maximum Gasteiger partial charge on any atom is 0.326 e. The number of amides is 4. The van der Waals surface area contributed by atoms with Crippen LogP contribution in [-0.4, -0.2) is 113 Å². The van der Waals surface area contributed by atoms with Crippen molar-refractivity contribution in [2.24, 2.45) is 11.5 Å². The molecular formula is C30H38N6O9. The van der Waals surface area contributed by atoms with Crippen molar-refractivity contribution in [2.45, 2.75) is 43.9 Å². The largest absolute Gasteiger partial charge is 0.497 e. The molecule has 0 aromatic heterocycles. The normalized spacial score (nSPS) is 20.4. The van der Waals surface area contributed by atoms with Crippen LogP contribution in [-0.2, 0) is 19.2 Å². The number of nitrogens with zero attached hydrogens (tertiary/aromatic N) is 2. The summed E-state index contributed by atoms with van der Waals surface area (Å²) < 4.78 is 5.02. The van der Waals surface area contributed by atoms with E-state index in [1.165, 1.54) is 16.9 Å². The van der Waals surface area contributed by atoms with Crippen LogP contribution in [0.5, 0.6) is 5.75 Å². The van der Waals surface area contributed by atoms with Gasteiger partial charge in [0.25, 0.3) is 11.8 Å². The van der Waals surface area contributed by atoms with E-state index in [1.807, 2.05) is 19.1 Å².